The lowest BCUT2D eigenvalue weighted by molar-refractivity contribution is -0.132. The molecule has 2 aromatic rings. The van der Waals surface area contributed by atoms with Crippen molar-refractivity contribution in [1.82, 2.24) is 19.7 Å². The van der Waals surface area contributed by atoms with Crippen LogP contribution in [0, 0.1) is 6.92 Å². The fourth-order valence-electron chi connectivity index (χ4n) is 3.13. The second-order valence-electron chi connectivity index (χ2n) is 5.64. The van der Waals surface area contributed by atoms with E-state index in [2.05, 4.69) is 10.1 Å². The molecule has 0 aliphatic carbocycles. The highest BCUT2D eigenvalue weighted by molar-refractivity contribution is 7.07. The predicted octanol–water partition coefficient (Wildman–Crippen LogP) is 3.13. The van der Waals surface area contributed by atoms with E-state index in [0.717, 1.165) is 36.3 Å². The van der Waals surface area contributed by atoms with Crippen molar-refractivity contribution in [1.29, 1.82) is 0 Å². The lowest BCUT2D eigenvalue weighted by Crippen LogP contribution is -2.31. The molecule has 1 atom stereocenters. The van der Waals surface area contributed by atoms with Gasteiger partial charge in [0, 0.05) is 31.0 Å². The molecule has 1 aliphatic heterocycles. The Labute approximate surface area is 138 Å². The van der Waals surface area contributed by atoms with Crippen LogP contribution >= 0.6 is 22.9 Å². The maximum Gasteiger partial charge on any atom is 0.223 e. The first-order chi connectivity index (χ1) is 10.6. The molecule has 0 unspecified atom stereocenters. The molecule has 2 aromatic heterocycles. The van der Waals surface area contributed by atoms with Crippen LogP contribution < -0.4 is 0 Å². The number of nitrogens with zero attached hydrogens (tertiary/aromatic N) is 4. The highest BCUT2D eigenvalue weighted by Gasteiger charge is 2.33. The number of halogens is 1. The zero-order valence-electron chi connectivity index (χ0n) is 12.8. The van der Waals surface area contributed by atoms with E-state index < -0.39 is 0 Å². The van der Waals surface area contributed by atoms with Gasteiger partial charge in [-0.25, -0.2) is 4.98 Å². The van der Waals surface area contributed by atoms with E-state index in [1.807, 2.05) is 24.3 Å². The van der Waals surface area contributed by atoms with E-state index in [4.69, 9.17) is 11.6 Å². The summed E-state index contributed by atoms with van der Waals surface area (Å²) in [6, 6.07) is 0.0594. The molecule has 1 amide bonds. The minimum Gasteiger partial charge on any atom is -0.335 e. The summed E-state index contributed by atoms with van der Waals surface area (Å²) in [5.41, 5.74) is 4.71. The number of aromatic nitrogens is 3. The minimum atomic E-state index is 0.0594. The molecule has 3 heterocycles. The van der Waals surface area contributed by atoms with Crippen LogP contribution in [0.1, 0.15) is 42.3 Å². The summed E-state index contributed by atoms with van der Waals surface area (Å²) < 4.78 is 1.68. The van der Waals surface area contributed by atoms with Crippen molar-refractivity contribution in [2.75, 3.05) is 6.54 Å². The number of hydrogen-bond donors (Lipinski definition) is 0. The molecule has 118 valence electrons. The van der Waals surface area contributed by atoms with Gasteiger partial charge in [0.1, 0.15) is 5.15 Å². The van der Waals surface area contributed by atoms with E-state index >= 15 is 0 Å². The van der Waals surface area contributed by atoms with Crippen molar-refractivity contribution in [3.8, 4) is 0 Å². The Bertz CT molecular complexity index is 667. The van der Waals surface area contributed by atoms with Crippen LogP contribution in [0.5, 0.6) is 0 Å². The Morgan fingerprint density at radius 1 is 1.55 bits per heavy atom. The highest BCUT2D eigenvalue weighted by Crippen LogP contribution is 2.37. The van der Waals surface area contributed by atoms with Crippen LogP contribution in [0.2, 0.25) is 5.15 Å². The summed E-state index contributed by atoms with van der Waals surface area (Å²) in [6.45, 7) is 2.75. The largest absolute Gasteiger partial charge is 0.335 e. The number of amides is 1. The molecular formula is C15H19ClN4OS. The van der Waals surface area contributed by atoms with Crippen LogP contribution in [0.15, 0.2) is 10.9 Å². The normalized spacial score (nSPS) is 18.1. The van der Waals surface area contributed by atoms with E-state index in [-0.39, 0.29) is 11.9 Å². The first-order valence-electron chi connectivity index (χ1n) is 7.43. The first kappa shape index (κ1) is 15.5. The maximum absolute atomic E-state index is 12.6. The Balaban J connectivity index is 1.73. The Morgan fingerprint density at radius 3 is 3.00 bits per heavy atom. The molecule has 0 spiro atoms. The van der Waals surface area contributed by atoms with E-state index in [1.165, 1.54) is 0 Å². The molecule has 0 saturated carbocycles. The van der Waals surface area contributed by atoms with E-state index in [0.29, 0.717) is 18.0 Å². The number of rotatable bonds is 4. The van der Waals surface area contributed by atoms with Crippen molar-refractivity contribution in [2.24, 2.45) is 7.05 Å². The summed E-state index contributed by atoms with van der Waals surface area (Å²) in [5, 5.41) is 7.01. The fraction of sp³-hybridized carbons (Fsp3) is 0.533. The highest BCUT2D eigenvalue weighted by atomic mass is 35.5. The molecular weight excluding hydrogens is 320 g/mol. The third-order valence-corrected chi connectivity index (χ3v) is 5.26. The maximum atomic E-state index is 12.6. The van der Waals surface area contributed by atoms with Crippen molar-refractivity contribution < 1.29 is 4.79 Å². The molecule has 0 bridgehead atoms. The number of aryl methyl sites for hydroxylation is 3. The number of thiazole rings is 1. The number of carbonyl (C=O) groups is 1. The topological polar surface area (TPSA) is 51.0 Å². The van der Waals surface area contributed by atoms with Crippen molar-refractivity contribution in [2.45, 2.75) is 38.6 Å². The van der Waals surface area contributed by atoms with Crippen LogP contribution in [-0.2, 0) is 18.3 Å². The van der Waals surface area contributed by atoms with E-state index in [9.17, 15) is 4.79 Å². The number of likely N-dealkylation sites (tertiary alicyclic amines) is 1. The molecule has 0 N–H and O–H groups in total. The Hall–Kier alpha value is -1.40. The zero-order valence-corrected chi connectivity index (χ0v) is 14.3. The van der Waals surface area contributed by atoms with Gasteiger partial charge in [-0.1, -0.05) is 11.6 Å². The molecule has 0 aromatic carbocycles. The SMILES string of the molecule is Cc1nn(C)c(Cl)c1[C@@H]1CCCN1C(=O)CCc1cscn1. The van der Waals surface area contributed by atoms with Gasteiger partial charge in [-0.15, -0.1) is 11.3 Å². The summed E-state index contributed by atoms with van der Waals surface area (Å²) >= 11 is 7.94. The standard InChI is InChI=1S/C15H19ClN4OS/c1-10-14(15(16)19(2)18-10)12-4-3-7-20(12)13(21)6-5-11-8-22-9-17-11/h8-9,12H,3-7H2,1-2H3/t12-/m0/s1. The minimum absolute atomic E-state index is 0.0594. The van der Waals surface area contributed by atoms with Gasteiger partial charge < -0.3 is 4.90 Å². The fourth-order valence-corrected chi connectivity index (χ4v) is 4.02. The number of hydrogen-bond acceptors (Lipinski definition) is 4. The van der Waals surface area contributed by atoms with Gasteiger partial charge in [0.15, 0.2) is 0 Å². The monoisotopic (exact) mass is 338 g/mol. The average Bonchev–Trinajstić information content (AvgIpc) is 3.19. The third kappa shape index (κ3) is 2.90. The van der Waals surface area contributed by atoms with Crippen molar-refractivity contribution >= 4 is 28.8 Å². The van der Waals surface area contributed by atoms with Gasteiger partial charge in [0.2, 0.25) is 5.91 Å². The average molecular weight is 339 g/mol. The zero-order chi connectivity index (χ0) is 15.7. The van der Waals surface area contributed by atoms with Gasteiger partial charge in [-0.2, -0.15) is 5.10 Å². The van der Waals surface area contributed by atoms with Gasteiger partial charge in [0.05, 0.1) is 22.9 Å². The van der Waals surface area contributed by atoms with E-state index in [1.54, 1.807) is 21.5 Å². The second kappa shape index (κ2) is 6.38. The summed E-state index contributed by atoms with van der Waals surface area (Å²) in [5.74, 6) is 0.176. The van der Waals surface area contributed by atoms with Crippen molar-refractivity contribution in [3.63, 3.8) is 0 Å². The van der Waals surface area contributed by atoms with Crippen LogP contribution in [-0.4, -0.2) is 32.1 Å². The Morgan fingerprint density at radius 2 is 2.36 bits per heavy atom. The smallest absolute Gasteiger partial charge is 0.223 e. The van der Waals surface area contributed by atoms with Gasteiger partial charge >= 0.3 is 0 Å². The number of carbonyl (C=O) groups excluding carboxylic acids is 1. The quantitative estimate of drug-likeness (QED) is 0.860. The molecule has 1 fully saturated rings. The lowest BCUT2D eigenvalue weighted by atomic mass is 10.1. The van der Waals surface area contributed by atoms with Gasteiger partial charge in [0.25, 0.3) is 0 Å². The summed E-state index contributed by atoms with van der Waals surface area (Å²) in [7, 11) is 1.84. The predicted molar refractivity (Wildman–Crippen MR) is 87.1 cm³/mol. The van der Waals surface area contributed by atoms with Crippen molar-refractivity contribution in [3.05, 3.63) is 33.0 Å². The second-order valence-corrected chi connectivity index (χ2v) is 6.72. The summed E-state index contributed by atoms with van der Waals surface area (Å²) in [6.07, 6.45) is 3.16. The molecule has 0 radical (unpaired) electrons. The Kier molecular flexibility index (Phi) is 4.49. The molecule has 5 nitrogen and oxygen atoms in total. The first-order valence-corrected chi connectivity index (χ1v) is 8.75. The van der Waals surface area contributed by atoms with Gasteiger partial charge in [-0.05, 0) is 26.2 Å². The molecule has 1 saturated heterocycles. The molecule has 3 rings (SSSR count). The third-order valence-electron chi connectivity index (χ3n) is 4.18. The molecule has 22 heavy (non-hydrogen) atoms. The molecule has 1 aliphatic rings. The van der Waals surface area contributed by atoms with Crippen LogP contribution in [0.4, 0.5) is 0 Å². The van der Waals surface area contributed by atoms with Crippen LogP contribution in [0.25, 0.3) is 0 Å². The molecule has 7 heteroatoms. The lowest BCUT2D eigenvalue weighted by Gasteiger charge is -2.25. The van der Waals surface area contributed by atoms with Crippen LogP contribution in [0.3, 0.4) is 0 Å². The summed E-state index contributed by atoms with van der Waals surface area (Å²) in [4.78, 5) is 18.8. The van der Waals surface area contributed by atoms with Gasteiger partial charge in [-0.3, -0.25) is 9.48 Å².